The van der Waals surface area contributed by atoms with Crippen molar-refractivity contribution in [3.05, 3.63) is 118 Å². The molecule has 0 aliphatic heterocycles. The molecule has 2 atom stereocenters. The van der Waals surface area contributed by atoms with Crippen molar-refractivity contribution in [3.8, 4) is 0 Å². The Morgan fingerprint density at radius 3 is 1.39 bits per heavy atom. The predicted molar refractivity (Wildman–Crippen MR) is 114 cm³/mol. The van der Waals surface area contributed by atoms with Crippen molar-refractivity contribution in [1.29, 1.82) is 0 Å². The minimum atomic E-state index is -0.278. The standard InChI is InChI=1S/C22H17Cl2NO2.ClH/c23-17-9-3-1-7-15(17)21(19-11-5-13-26-19)25-22(20-12-6-14-27-20)16-8-2-4-10-18(16)24;/h1-14,21-22,25H;1H. The lowest BCUT2D eigenvalue weighted by molar-refractivity contribution is 0.391. The van der Waals surface area contributed by atoms with Gasteiger partial charge < -0.3 is 8.83 Å². The second-order valence-electron chi connectivity index (χ2n) is 6.11. The molecule has 2 aromatic carbocycles. The maximum absolute atomic E-state index is 6.49. The summed E-state index contributed by atoms with van der Waals surface area (Å²) in [6.07, 6.45) is 3.30. The van der Waals surface area contributed by atoms with Gasteiger partial charge in [-0.15, -0.1) is 12.4 Å². The van der Waals surface area contributed by atoms with Crippen LogP contribution in [0.1, 0.15) is 34.7 Å². The van der Waals surface area contributed by atoms with Crippen LogP contribution in [-0.2, 0) is 0 Å². The van der Waals surface area contributed by atoms with E-state index >= 15 is 0 Å². The Morgan fingerprint density at radius 1 is 0.607 bits per heavy atom. The van der Waals surface area contributed by atoms with Crippen LogP contribution in [0.2, 0.25) is 10.0 Å². The number of hydrogen-bond donors (Lipinski definition) is 1. The minimum Gasteiger partial charge on any atom is -0.467 e. The molecule has 4 aromatic rings. The van der Waals surface area contributed by atoms with Gasteiger partial charge in [0.15, 0.2) is 0 Å². The molecular weight excluding hydrogens is 417 g/mol. The molecule has 2 heterocycles. The zero-order chi connectivity index (χ0) is 18.6. The topological polar surface area (TPSA) is 38.3 Å². The Kier molecular flexibility index (Phi) is 6.87. The lowest BCUT2D eigenvalue weighted by Gasteiger charge is -2.25. The Morgan fingerprint density at radius 2 is 1.04 bits per heavy atom. The predicted octanol–water partition coefficient (Wildman–Crippen LogP) is 7.07. The second-order valence-corrected chi connectivity index (χ2v) is 6.92. The Hall–Kier alpha value is -2.17. The van der Waals surface area contributed by atoms with Gasteiger partial charge in [0.2, 0.25) is 0 Å². The number of nitrogens with one attached hydrogen (secondary N) is 1. The van der Waals surface area contributed by atoms with Crippen molar-refractivity contribution >= 4 is 35.6 Å². The number of furan rings is 2. The molecule has 3 nitrogen and oxygen atoms in total. The molecule has 0 saturated carbocycles. The summed E-state index contributed by atoms with van der Waals surface area (Å²) < 4.78 is 11.4. The molecule has 4 rings (SSSR count). The van der Waals surface area contributed by atoms with Crippen molar-refractivity contribution in [2.45, 2.75) is 12.1 Å². The van der Waals surface area contributed by atoms with Crippen LogP contribution in [0.5, 0.6) is 0 Å². The zero-order valence-electron chi connectivity index (χ0n) is 14.7. The number of hydrogen-bond acceptors (Lipinski definition) is 3. The first-order valence-electron chi connectivity index (χ1n) is 8.56. The highest BCUT2D eigenvalue weighted by Crippen LogP contribution is 2.35. The second kappa shape index (κ2) is 9.35. The van der Waals surface area contributed by atoms with Crippen molar-refractivity contribution in [2.75, 3.05) is 0 Å². The maximum Gasteiger partial charge on any atom is 0.125 e. The van der Waals surface area contributed by atoms with Crippen LogP contribution >= 0.6 is 35.6 Å². The molecule has 0 radical (unpaired) electrons. The van der Waals surface area contributed by atoms with Gasteiger partial charge in [0.05, 0.1) is 24.6 Å². The molecule has 0 fully saturated rings. The van der Waals surface area contributed by atoms with E-state index in [0.717, 1.165) is 22.6 Å². The summed E-state index contributed by atoms with van der Waals surface area (Å²) in [6.45, 7) is 0. The molecule has 2 unspecified atom stereocenters. The van der Waals surface area contributed by atoms with Crippen molar-refractivity contribution in [3.63, 3.8) is 0 Å². The zero-order valence-corrected chi connectivity index (χ0v) is 17.0. The van der Waals surface area contributed by atoms with Crippen LogP contribution in [-0.4, -0.2) is 0 Å². The molecule has 28 heavy (non-hydrogen) atoms. The highest BCUT2D eigenvalue weighted by atomic mass is 35.5. The van der Waals surface area contributed by atoms with Gasteiger partial charge in [-0.3, -0.25) is 5.32 Å². The van der Waals surface area contributed by atoms with Crippen LogP contribution in [0, 0.1) is 0 Å². The smallest absolute Gasteiger partial charge is 0.125 e. The van der Waals surface area contributed by atoms with Crippen LogP contribution in [0.3, 0.4) is 0 Å². The molecule has 0 saturated heterocycles. The van der Waals surface area contributed by atoms with Gasteiger partial charge >= 0.3 is 0 Å². The fourth-order valence-electron chi connectivity index (χ4n) is 3.15. The highest BCUT2D eigenvalue weighted by Gasteiger charge is 2.27. The summed E-state index contributed by atoms with van der Waals surface area (Å²) in [5, 5.41) is 4.93. The van der Waals surface area contributed by atoms with E-state index in [-0.39, 0.29) is 24.5 Å². The molecular formula is C22H18Cl3NO2. The van der Waals surface area contributed by atoms with Crippen LogP contribution in [0.15, 0.2) is 94.2 Å². The lowest BCUT2D eigenvalue weighted by Crippen LogP contribution is -2.28. The van der Waals surface area contributed by atoms with Gasteiger partial charge in [0, 0.05) is 10.0 Å². The van der Waals surface area contributed by atoms with E-state index in [1.54, 1.807) is 12.5 Å². The Bertz CT molecular complexity index is 919. The van der Waals surface area contributed by atoms with E-state index in [2.05, 4.69) is 5.32 Å². The summed E-state index contributed by atoms with van der Waals surface area (Å²) in [7, 11) is 0. The lowest BCUT2D eigenvalue weighted by atomic mass is 9.99. The fourth-order valence-corrected chi connectivity index (χ4v) is 3.64. The van der Waals surface area contributed by atoms with Gasteiger partial charge in [0.1, 0.15) is 11.5 Å². The highest BCUT2D eigenvalue weighted by molar-refractivity contribution is 6.31. The summed E-state index contributed by atoms with van der Waals surface area (Å²) in [6, 6.07) is 22.4. The molecule has 1 N–H and O–H groups in total. The van der Waals surface area contributed by atoms with Crippen LogP contribution in [0.25, 0.3) is 0 Å². The number of rotatable bonds is 6. The monoisotopic (exact) mass is 433 g/mol. The van der Waals surface area contributed by atoms with Gasteiger partial charge in [0.25, 0.3) is 0 Å². The number of halogens is 3. The van der Waals surface area contributed by atoms with Gasteiger partial charge in [-0.1, -0.05) is 59.6 Å². The van der Waals surface area contributed by atoms with E-state index in [9.17, 15) is 0 Å². The van der Waals surface area contributed by atoms with Gasteiger partial charge in [-0.25, -0.2) is 0 Å². The first-order chi connectivity index (χ1) is 13.2. The molecule has 2 aromatic heterocycles. The van der Waals surface area contributed by atoms with Crippen LogP contribution < -0.4 is 5.32 Å². The first kappa shape index (κ1) is 20.6. The maximum atomic E-state index is 6.49. The third-order valence-corrected chi connectivity index (χ3v) is 5.11. The molecule has 0 aliphatic rings. The van der Waals surface area contributed by atoms with E-state index in [4.69, 9.17) is 32.0 Å². The molecule has 0 aliphatic carbocycles. The Labute approximate surface area is 179 Å². The van der Waals surface area contributed by atoms with Gasteiger partial charge in [-0.2, -0.15) is 0 Å². The molecule has 0 amide bonds. The molecule has 0 bridgehead atoms. The third-order valence-electron chi connectivity index (χ3n) is 4.42. The van der Waals surface area contributed by atoms with Crippen molar-refractivity contribution in [2.24, 2.45) is 0 Å². The minimum absolute atomic E-state index is 0. The van der Waals surface area contributed by atoms with Crippen molar-refractivity contribution in [1.82, 2.24) is 5.32 Å². The molecule has 144 valence electrons. The van der Waals surface area contributed by atoms with E-state index < -0.39 is 0 Å². The van der Waals surface area contributed by atoms with E-state index in [0.29, 0.717) is 10.0 Å². The van der Waals surface area contributed by atoms with E-state index in [1.165, 1.54) is 0 Å². The third kappa shape index (κ3) is 4.29. The average molecular weight is 435 g/mol. The molecule has 6 heteroatoms. The Balaban J connectivity index is 0.00000225. The SMILES string of the molecule is Cl.Clc1ccccc1C(NC(c1ccco1)c1ccccc1Cl)c1ccco1. The van der Waals surface area contributed by atoms with Crippen LogP contribution in [0.4, 0.5) is 0 Å². The summed E-state index contributed by atoms with van der Waals surface area (Å²) >= 11 is 13.0. The normalized spacial score (nSPS) is 12.9. The van der Waals surface area contributed by atoms with Crippen molar-refractivity contribution < 1.29 is 8.83 Å². The van der Waals surface area contributed by atoms with Gasteiger partial charge in [-0.05, 0) is 47.5 Å². The fraction of sp³-hybridized carbons (Fsp3) is 0.0909. The van der Waals surface area contributed by atoms with E-state index in [1.807, 2.05) is 72.8 Å². The summed E-state index contributed by atoms with van der Waals surface area (Å²) in [5.41, 5.74) is 1.83. The number of benzene rings is 2. The first-order valence-corrected chi connectivity index (χ1v) is 9.31. The quantitative estimate of drug-likeness (QED) is 0.353. The largest absolute Gasteiger partial charge is 0.467 e. The summed E-state index contributed by atoms with van der Waals surface area (Å²) in [4.78, 5) is 0. The molecule has 0 spiro atoms. The average Bonchev–Trinajstić information content (AvgIpc) is 3.38. The summed E-state index contributed by atoms with van der Waals surface area (Å²) in [5.74, 6) is 1.51.